The van der Waals surface area contributed by atoms with E-state index in [2.05, 4.69) is 18.3 Å². The number of carbonyl (C=O) groups is 1. The number of aryl methyl sites for hydroxylation is 1. The molecule has 1 aromatic rings. The Balaban J connectivity index is 2.23. The molecule has 0 spiro atoms. The lowest BCUT2D eigenvalue weighted by Crippen LogP contribution is -2.21. The van der Waals surface area contributed by atoms with E-state index in [4.69, 9.17) is 0 Å². The van der Waals surface area contributed by atoms with Crippen LogP contribution in [-0.2, 0) is 17.6 Å². The van der Waals surface area contributed by atoms with E-state index in [0.29, 0.717) is 12.3 Å². The first-order valence-electron chi connectivity index (χ1n) is 6.12. The Morgan fingerprint density at radius 1 is 1.53 bits per heavy atom. The summed E-state index contributed by atoms with van der Waals surface area (Å²) in [6.45, 7) is 2.08. The number of rotatable bonds is 2. The lowest BCUT2D eigenvalue weighted by molar-refractivity contribution is -0.119. The smallest absolute Gasteiger partial charge is 0.224 e. The van der Waals surface area contributed by atoms with Crippen molar-refractivity contribution in [2.24, 2.45) is 5.92 Å². The zero-order chi connectivity index (χ0) is 12.4. The van der Waals surface area contributed by atoms with E-state index in [1.165, 1.54) is 5.56 Å². The zero-order valence-electron chi connectivity index (χ0n) is 10.4. The van der Waals surface area contributed by atoms with E-state index in [-0.39, 0.29) is 12.0 Å². The van der Waals surface area contributed by atoms with Crippen molar-refractivity contribution in [2.75, 3.05) is 7.05 Å². The fourth-order valence-electron chi connectivity index (χ4n) is 2.40. The predicted molar refractivity (Wildman–Crippen MR) is 66.7 cm³/mol. The Kier molecular flexibility index (Phi) is 3.48. The number of hydrogen-bond donors (Lipinski definition) is 2. The van der Waals surface area contributed by atoms with Crippen molar-refractivity contribution in [3.63, 3.8) is 0 Å². The number of likely N-dealkylation sites (N-methyl/N-ethyl adjacent to an activating group) is 1. The highest BCUT2D eigenvalue weighted by atomic mass is 16.3. The molecule has 2 atom stereocenters. The predicted octanol–water partition coefficient (Wildman–Crippen LogP) is 1.59. The van der Waals surface area contributed by atoms with E-state index < -0.39 is 0 Å². The molecule has 0 aliphatic heterocycles. The zero-order valence-corrected chi connectivity index (χ0v) is 10.4. The number of carbonyl (C=O) groups excluding carboxylic acids is 1. The third-order valence-corrected chi connectivity index (χ3v) is 3.58. The molecule has 2 rings (SSSR count). The van der Waals surface area contributed by atoms with E-state index in [0.717, 1.165) is 24.0 Å². The summed E-state index contributed by atoms with van der Waals surface area (Å²) >= 11 is 0. The molecule has 1 aliphatic rings. The van der Waals surface area contributed by atoms with Crippen LogP contribution in [0.4, 0.5) is 0 Å². The molecule has 0 saturated heterocycles. The first-order valence-corrected chi connectivity index (χ1v) is 6.12. The SMILES string of the molecule is CNC(=O)Cc1ccc2c(c1)CCC(C)C2O. The number of aliphatic hydroxyl groups excluding tert-OH is 1. The van der Waals surface area contributed by atoms with Crippen molar-refractivity contribution in [3.8, 4) is 0 Å². The van der Waals surface area contributed by atoms with Gasteiger partial charge in [0.15, 0.2) is 0 Å². The molecule has 0 saturated carbocycles. The van der Waals surface area contributed by atoms with Gasteiger partial charge >= 0.3 is 0 Å². The van der Waals surface area contributed by atoms with Crippen LogP contribution in [0.5, 0.6) is 0 Å². The molecule has 0 heterocycles. The van der Waals surface area contributed by atoms with Crippen LogP contribution in [0.2, 0.25) is 0 Å². The second kappa shape index (κ2) is 4.88. The molecule has 0 bridgehead atoms. The number of fused-ring (bicyclic) bond motifs is 1. The highest BCUT2D eigenvalue weighted by molar-refractivity contribution is 5.78. The highest BCUT2D eigenvalue weighted by Crippen LogP contribution is 2.34. The molecular formula is C14H19NO2. The second-order valence-electron chi connectivity index (χ2n) is 4.84. The number of benzene rings is 1. The van der Waals surface area contributed by atoms with E-state index >= 15 is 0 Å². The van der Waals surface area contributed by atoms with E-state index in [1.807, 2.05) is 12.1 Å². The molecule has 0 aromatic heterocycles. The quantitative estimate of drug-likeness (QED) is 0.815. The van der Waals surface area contributed by atoms with Gasteiger partial charge in [0.2, 0.25) is 5.91 Å². The Morgan fingerprint density at radius 3 is 3.00 bits per heavy atom. The monoisotopic (exact) mass is 233 g/mol. The lowest BCUT2D eigenvalue weighted by Gasteiger charge is -2.27. The van der Waals surface area contributed by atoms with Crippen molar-refractivity contribution in [3.05, 3.63) is 34.9 Å². The number of aliphatic hydroxyl groups is 1. The first-order chi connectivity index (χ1) is 8.11. The minimum Gasteiger partial charge on any atom is -0.388 e. The molecule has 0 fully saturated rings. The van der Waals surface area contributed by atoms with Crippen LogP contribution in [0.25, 0.3) is 0 Å². The largest absolute Gasteiger partial charge is 0.388 e. The molecule has 17 heavy (non-hydrogen) atoms. The van der Waals surface area contributed by atoms with Crippen LogP contribution >= 0.6 is 0 Å². The summed E-state index contributed by atoms with van der Waals surface area (Å²) in [5, 5.41) is 12.7. The third-order valence-electron chi connectivity index (χ3n) is 3.58. The molecule has 1 aromatic carbocycles. The third kappa shape index (κ3) is 2.50. The molecule has 92 valence electrons. The standard InChI is InChI=1S/C14H19NO2/c1-9-3-5-11-7-10(8-13(16)15-2)4-6-12(11)14(9)17/h4,6-7,9,14,17H,3,5,8H2,1-2H3,(H,15,16). The molecule has 0 radical (unpaired) electrons. The van der Waals surface area contributed by atoms with Crippen LogP contribution < -0.4 is 5.32 Å². The van der Waals surface area contributed by atoms with Crippen LogP contribution in [-0.4, -0.2) is 18.1 Å². The van der Waals surface area contributed by atoms with Gasteiger partial charge in [0.05, 0.1) is 12.5 Å². The molecule has 2 unspecified atom stereocenters. The van der Waals surface area contributed by atoms with Gasteiger partial charge in [-0.05, 0) is 35.4 Å². The molecular weight excluding hydrogens is 214 g/mol. The van der Waals surface area contributed by atoms with Gasteiger partial charge in [-0.2, -0.15) is 0 Å². The average molecular weight is 233 g/mol. The van der Waals surface area contributed by atoms with E-state index in [9.17, 15) is 9.90 Å². The van der Waals surface area contributed by atoms with Crippen LogP contribution in [0.3, 0.4) is 0 Å². The van der Waals surface area contributed by atoms with Crippen molar-refractivity contribution in [1.82, 2.24) is 5.32 Å². The Morgan fingerprint density at radius 2 is 2.29 bits per heavy atom. The fourth-order valence-corrected chi connectivity index (χ4v) is 2.40. The number of amides is 1. The topological polar surface area (TPSA) is 49.3 Å². The summed E-state index contributed by atoms with van der Waals surface area (Å²) < 4.78 is 0. The minimum absolute atomic E-state index is 0.0228. The number of hydrogen-bond acceptors (Lipinski definition) is 2. The molecule has 3 heteroatoms. The maximum atomic E-state index is 11.3. The lowest BCUT2D eigenvalue weighted by atomic mass is 9.81. The average Bonchev–Trinajstić information content (AvgIpc) is 2.34. The summed E-state index contributed by atoms with van der Waals surface area (Å²) in [5.74, 6) is 0.349. The van der Waals surface area contributed by atoms with Gasteiger partial charge in [0.25, 0.3) is 0 Å². The Hall–Kier alpha value is -1.35. The van der Waals surface area contributed by atoms with Crippen molar-refractivity contribution >= 4 is 5.91 Å². The van der Waals surface area contributed by atoms with Crippen LogP contribution in [0.1, 0.15) is 36.1 Å². The van der Waals surface area contributed by atoms with Gasteiger partial charge in [0, 0.05) is 7.05 Å². The minimum atomic E-state index is -0.354. The molecule has 2 N–H and O–H groups in total. The number of nitrogens with one attached hydrogen (secondary N) is 1. The Bertz CT molecular complexity index is 428. The summed E-state index contributed by atoms with van der Waals surface area (Å²) in [5.41, 5.74) is 3.24. The van der Waals surface area contributed by atoms with Gasteiger partial charge < -0.3 is 10.4 Å². The van der Waals surface area contributed by atoms with Crippen molar-refractivity contribution < 1.29 is 9.90 Å². The first kappa shape index (κ1) is 12.1. The molecule has 1 amide bonds. The van der Waals surface area contributed by atoms with Crippen molar-refractivity contribution in [2.45, 2.75) is 32.3 Å². The van der Waals surface area contributed by atoms with Gasteiger partial charge in [-0.1, -0.05) is 25.1 Å². The maximum absolute atomic E-state index is 11.3. The fraction of sp³-hybridized carbons (Fsp3) is 0.500. The summed E-state index contributed by atoms with van der Waals surface area (Å²) in [6.07, 6.45) is 2.06. The van der Waals surface area contributed by atoms with Gasteiger partial charge in [-0.15, -0.1) is 0 Å². The summed E-state index contributed by atoms with van der Waals surface area (Å²) in [4.78, 5) is 11.3. The van der Waals surface area contributed by atoms with E-state index in [1.54, 1.807) is 7.05 Å². The summed E-state index contributed by atoms with van der Waals surface area (Å²) in [7, 11) is 1.65. The van der Waals surface area contributed by atoms with Crippen molar-refractivity contribution in [1.29, 1.82) is 0 Å². The Labute approximate surface area is 102 Å². The second-order valence-corrected chi connectivity index (χ2v) is 4.84. The van der Waals surface area contributed by atoms with Gasteiger partial charge in [-0.3, -0.25) is 4.79 Å². The van der Waals surface area contributed by atoms with Crippen LogP contribution in [0.15, 0.2) is 18.2 Å². The van der Waals surface area contributed by atoms with Gasteiger partial charge in [0.1, 0.15) is 0 Å². The summed E-state index contributed by atoms with van der Waals surface area (Å²) in [6, 6.07) is 5.96. The van der Waals surface area contributed by atoms with Gasteiger partial charge in [-0.25, -0.2) is 0 Å². The normalized spacial score (nSPS) is 23.0. The van der Waals surface area contributed by atoms with Crippen LogP contribution in [0, 0.1) is 5.92 Å². The highest BCUT2D eigenvalue weighted by Gasteiger charge is 2.24. The molecule has 1 aliphatic carbocycles. The maximum Gasteiger partial charge on any atom is 0.224 e. The molecule has 3 nitrogen and oxygen atoms in total.